The van der Waals surface area contributed by atoms with E-state index < -0.39 is 0 Å². The Hall–Kier alpha value is -0.910. The summed E-state index contributed by atoms with van der Waals surface area (Å²) in [6.45, 7) is 3.49. The number of rotatable bonds is 4. The van der Waals surface area contributed by atoms with Crippen molar-refractivity contribution in [2.24, 2.45) is 0 Å². The fraction of sp³-hybridized carbons (Fsp3) is 0.273. The molecule has 2 aromatic rings. The molecule has 0 saturated carbocycles. The second kappa shape index (κ2) is 5.62. The third-order valence-corrected chi connectivity index (χ3v) is 2.79. The molecule has 17 heavy (non-hydrogen) atoms. The van der Waals surface area contributed by atoms with Gasteiger partial charge in [0.05, 0.1) is 6.54 Å². The molecule has 0 aliphatic heterocycles. The summed E-state index contributed by atoms with van der Waals surface area (Å²) in [6, 6.07) is 5.48. The average molecular weight is 317 g/mol. The molecule has 0 bridgehead atoms. The molecule has 0 atom stereocenters. The number of hydrogen-bond donors (Lipinski definition) is 1. The van der Waals surface area contributed by atoms with Crippen molar-refractivity contribution in [2.75, 3.05) is 6.54 Å². The SMILES string of the molecule is CCNCc1noc(-c2cc(Cl)cc(Br)c2)n1. The molecule has 4 nitrogen and oxygen atoms in total. The molecule has 1 N–H and O–H groups in total. The van der Waals surface area contributed by atoms with Crippen molar-refractivity contribution in [3.63, 3.8) is 0 Å². The van der Waals surface area contributed by atoms with E-state index in [1.54, 1.807) is 12.1 Å². The van der Waals surface area contributed by atoms with Crippen molar-refractivity contribution >= 4 is 27.5 Å². The van der Waals surface area contributed by atoms with Crippen molar-refractivity contribution < 1.29 is 4.52 Å². The molecule has 1 heterocycles. The number of halogens is 2. The quantitative estimate of drug-likeness (QED) is 0.940. The summed E-state index contributed by atoms with van der Waals surface area (Å²) in [5.41, 5.74) is 0.805. The molecule has 0 fully saturated rings. The summed E-state index contributed by atoms with van der Waals surface area (Å²) >= 11 is 9.33. The molecule has 6 heteroatoms. The Balaban J connectivity index is 2.24. The lowest BCUT2D eigenvalue weighted by atomic mass is 10.2. The number of benzene rings is 1. The number of hydrogen-bond acceptors (Lipinski definition) is 4. The molecule has 0 aliphatic carbocycles. The molecule has 1 aromatic carbocycles. The zero-order valence-electron chi connectivity index (χ0n) is 9.20. The molecule has 90 valence electrons. The smallest absolute Gasteiger partial charge is 0.258 e. The third kappa shape index (κ3) is 3.28. The summed E-state index contributed by atoms with van der Waals surface area (Å²) in [7, 11) is 0. The van der Waals surface area contributed by atoms with Crippen LogP contribution in [0.2, 0.25) is 5.02 Å². The normalized spacial score (nSPS) is 10.8. The van der Waals surface area contributed by atoms with Crippen LogP contribution in [0.4, 0.5) is 0 Å². The average Bonchev–Trinajstić information content (AvgIpc) is 2.73. The van der Waals surface area contributed by atoms with Gasteiger partial charge in [-0.25, -0.2) is 0 Å². The topological polar surface area (TPSA) is 51.0 Å². The highest BCUT2D eigenvalue weighted by Crippen LogP contribution is 2.26. The Kier molecular flexibility index (Phi) is 4.15. The first-order valence-corrected chi connectivity index (χ1v) is 6.36. The predicted molar refractivity (Wildman–Crippen MR) is 69.8 cm³/mol. The van der Waals surface area contributed by atoms with Gasteiger partial charge in [-0.3, -0.25) is 0 Å². The van der Waals surface area contributed by atoms with Crippen molar-refractivity contribution in [2.45, 2.75) is 13.5 Å². The van der Waals surface area contributed by atoms with Gasteiger partial charge in [-0.2, -0.15) is 4.98 Å². The van der Waals surface area contributed by atoms with Crippen LogP contribution in [-0.4, -0.2) is 16.7 Å². The van der Waals surface area contributed by atoms with Crippen LogP contribution in [0.3, 0.4) is 0 Å². The van der Waals surface area contributed by atoms with Crippen LogP contribution in [0.15, 0.2) is 27.2 Å². The minimum Gasteiger partial charge on any atom is -0.334 e. The largest absolute Gasteiger partial charge is 0.334 e. The van der Waals surface area contributed by atoms with Crippen LogP contribution in [0.1, 0.15) is 12.7 Å². The van der Waals surface area contributed by atoms with Crippen LogP contribution in [0.25, 0.3) is 11.5 Å². The first kappa shape index (κ1) is 12.5. The Morgan fingerprint density at radius 1 is 1.41 bits per heavy atom. The van der Waals surface area contributed by atoms with Crippen molar-refractivity contribution in [1.82, 2.24) is 15.5 Å². The van der Waals surface area contributed by atoms with Gasteiger partial charge in [0, 0.05) is 15.1 Å². The van der Waals surface area contributed by atoms with E-state index in [4.69, 9.17) is 16.1 Å². The van der Waals surface area contributed by atoms with Crippen LogP contribution < -0.4 is 5.32 Å². The molecule has 0 amide bonds. The number of nitrogens with one attached hydrogen (secondary N) is 1. The Bertz CT molecular complexity index is 495. The van der Waals surface area contributed by atoms with E-state index in [0.717, 1.165) is 16.6 Å². The molecule has 0 aliphatic rings. The second-order valence-electron chi connectivity index (χ2n) is 3.45. The lowest BCUT2D eigenvalue weighted by Crippen LogP contribution is -2.12. The molecule has 1 aromatic heterocycles. The van der Waals surface area contributed by atoms with Gasteiger partial charge in [-0.15, -0.1) is 0 Å². The predicted octanol–water partition coefficient (Wildman–Crippen LogP) is 3.26. The Labute approximate surface area is 112 Å². The van der Waals surface area contributed by atoms with Gasteiger partial charge in [0.1, 0.15) is 0 Å². The number of nitrogens with zero attached hydrogens (tertiary/aromatic N) is 2. The Morgan fingerprint density at radius 2 is 2.24 bits per heavy atom. The van der Waals surface area contributed by atoms with Gasteiger partial charge in [0.2, 0.25) is 0 Å². The van der Waals surface area contributed by atoms with E-state index in [1.165, 1.54) is 0 Å². The summed E-state index contributed by atoms with van der Waals surface area (Å²) in [5.74, 6) is 1.11. The van der Waals surface area contributed by atoms with Crippen molar-refractivity contribution in [1.29, 1.82) is 0 Å². The van der Waals surface area contributed by atoms with Gasteiger partial charge >= 0.3 is 0 Å². The molecule has 0 unspecified atom stereocenters. The fourth-order valence-corrected chi connectivity index (χ4v) is 2.22. The minimum absolute atomic E-state index is 0.473. The standard InChI is InChI=1S/C11H11BrClN3O/c1-2-14-6-10-15-11(17-16-10)7-3-8(12)5-9(13)4-7/h3-5,14H,2,6H2,1H3. The maximum absolute atomic E-state index is 5.96. The van der Waals surface area contributed by atoms with Gasteiger partial charge in [0.25, 0.3) is 5.89 Å². The molecule has 0 spiro atoms. The van der Waals surface area contributed by atoms with E-state index in [9.17, 15) is 0 Å². The van der Waals surface area contributed by atoms with Gasteiger partial charge in [0.15, 0.2) is 5.82 Å². The number of aromatic nitrogens is 2. The minimum atomic E-state index is 0.473. The summed E-state index contributed by atoms with van der Waals surface area (Å²) in [5, 5.41) is 7.64. The van der Waals surface area contributed by atoms with Crippen LogP contribution >= 0.6 is 27.5 Å². The first-order valence-electron chi connectivity index (χ1n) is 5.19. The van der Waals surface area contributed by atoms with Gasteiger partial charge < -0.3 is 9.84 Å². The van der Waals surface area contributed by atoms with Crippen LogP contribution in [0, 0.1) is 0 Å². The first-order chi connectivity index (χ1) is 8.19. The van der Waals surface area contributed by atoms with E-state index in [2.05, 4.69) is 31.4 Å². The maximum Gasteiger partial charge on any atom is 0.258 e. The molecule has 0 radical (unpaired) electrons. The van der Waals surface area contributed by atoms with Crippen molar-refractivity contribution in [3.05, 3.63) is 33.5 Å². The zero-order valence-corrected chi connectivity index (χ0v) is 11.5. The van der Waals surface area contributed by atoms with Crippen molar-refractivity contribution in [3.8, 4) is 11.5 Å². The second-order valence-corrected chi connectivity index (χ2v) is 4.81. The highest BCUT2D eigenvalue weighted by atomic mass is 79.9. The van der Waals surface area contributed by atoms with Gasteiger partial charge in [-0.05, 0) is 24.7 Å². The molecular formula is C11H11BrClN3O. The Morgan fingerprint density at radius 3 is 2.94 bits per heavy atom. The monoisotopic (exact) mass is 315 g/mol. The zero-order chi connectivity index (χ0) is 12.3. The van der Waals surface area contributed by atoms with E-state index in [-0.39, 0.29) is 0 Å². The summed E-state index contributed by atoms with van der Waals surface area (Å²) < 4.78 is 6.06. The van der Waals surface area contributed by atoms with Gasteiger partial charge in [-0.1, -0.05) is 39.6 Å². The highest BCUT2D eigenvalue weighted by Gasteiger charge is 2.09. The maximum atomic E-state index is 5.96. The summed E-state index contributed by atoms with van der Waals surface area (Å²) in [6.07, 6.45) is 0. The van der Waals surface area contributed by atoms with Crippen LogP contribution in [0.5, 0.6) is 0 Å². The van der Waals surface area contributed by atoms with Crippen LogP contribution in [-0.2, 0) is 6.54 Å². The van der Waals surface area contributed by atoms with E-state index >= 15 is 0 Å². The third-order valence-electron chi connectivity index (χ3n) is 2.11. The molecular weight excluding hydrogens is 305 g/mol. The van der Waals surface area contributed by atoms with E-state index in [0.29, 0.717) is 23.3 Å². The lowest BCUT2D eigenvalue weighted by Gasteiger charge is -1.97. The highest BCUT2D eigenvalue weighted by molar-refractivity contribution is 9.10. The fourth-order valence-electron chi connectivity index (χ4n) is 1.36. The molecule has 0 saturated heterocycles. The molecule has 2 rings (SSSR count). The van der Waals surface area contributed by atoms with E-state index in [1.807, 2.05) is 13.0 Å². The summed E-state index contributed by atoms with van der Waals surface area (Å²) in [4.78, 5) is 4.28. The lowest BCUT2D eigenvalue weighted by molar-refractivity contribution is 0.420.